The predicted octanol–water partition coefficient (Wildman–Crippen LogP) is 1.63. The molecule has 0 radical (unpaired) electrons. The Labute approximate surface area is 201 Å². The van der Waals surface area contributed by atoms with Gasteiger partial charge in [-0.1, -0.05) is 30.0 Å². The van der Waals surface area contributed by atoms with Crippen LogP contribution in [-0.4, -0.2) is 56.5 Å². The fraction of sp³-hybridized carbons (Fsp3) is 0.407. The second-order valence-corrected chi connectivity index (χ2v) is 8.98. The van der Waals surface area contributed by atoms with Crippen LogP contribution in [0.15, 0.2) is 54.1 Å². The molecule has 0 bridgehead atoms. The smallest absolute Gasteiger partial charge is 0.295 e. The number of hydrogen-bond acceptors (Lipinski definition) is 5. The van der Waals surface area contributed by atoms with Crippen molar-refractivity contribution in [1.82, 2.24) is 4.90 Å². The lowest BCUT2D eigenvalue weighted by Crippen LogP contribution is -3.05. The van der Waals surface area contributed by atoms with E-state index in [9.17, 15) is 14.7 Å². The Morgan fingerprint density at radius 3 is 2.21 bits per heavy atom. The fourth-order valence-corrected chi connectivity index (χ4v) is 4.08. The second kappa shape index (κ2) is 11.2. The van der Waals surface area contributed by atoms with Gasteiger partial charge in [-0.25, -0.2) is 0 Å². The van der Waals surface area contributed by atoms with Crippen LogP contribution in [0.4, 0.5) is 0 Å². The van der Waals surface area contributed by atoms with E-state index in [0.717, 1.165) is 13.0 Å². The molecular weight excluding hydrogens is 432 g/mol. The number of quaternary nitrogens is 1. The van der Waals surface area contributed by atoms with Crippen LogP contribution < -0.4 is 19.5 Å². The number of nitrogens with one attached hydrogen (secondary N) is 1. The van der Waals surface area contributed by atoms with Crippen molar-refractivity contribution in [2.24, 2.45) is 0 Å². The van der Waals surface area contributed by atoms with Crippen molar-refractivity contribution in [3.63, 3.8) is 0 Å². The minimum atomic E-state index is -0.733. The zero-order valence-electron chi connectivity index (χ0n) is 20.6. The highest BCUT2D eigenvalue weighted by molar-refractivity contribution is 6.46. The third kappa shape index (κ3) is 5.78. The summed E-state index contributed by atoms with van der Waals surface area (Å²) in [5.74, 6) is -0.465. The van der Waals surface area contributed by atoms with Gasteiger partial charge in [-0.15, -0.1) is 0 Å². The molecule has 0 spiro atoms. The molecule has 2 aromatic rings. The number of nitrogens with zero attached hydrogens (tertiary/aromatic N) is 1. The van der Waals surface area contributed by atoms with Crippen molar-refractivity contribution in [3.05, 3.63) is 65.2 Å². The molecule has 1 heterocycles. The first-order valence-electron chi connectivity index (χ1n) is 11.8. The van der Waals surface area contributed by atoms with Crippen molar-refractivity contribution < 1.29 is 29.1 Å². The number of hydrogen-bond donors (Lipinski definition) is 1. The first-order valence-corrected chi connectivity index (χ1v) is 11.8. The van der Waals surface area contributed by atoms with Gasteiger partial charge in [0, 0.05) is 18.5 Å². The lowest BCUT2D eigenvalue weighted by Gasteiger charge is -2.28. The van der Waals surface area contributed by atoms with Gasteiger partial charge in [0.15, 0.2) is 0 Å². The first kappa shape index (κ1) is 25.3. The molecule has 1 N–H and O–H groups in total. The molecule has 1 aliphatic rings. The lowest BCUT2D eigenvalue weighted by atomic mass is 9.95. The summed E-state index contributed by atoms with van der Waals surface area (Å²) < 4.78 is 11.2. The molecule has 1 aliphatic heterocycles. The van der Waals surface area contributed by atoms with Crippen molar-refractivity contribution in [1.29, 1.82) is 0 Å². The molecule has 1 atom stereocenters. The maximum absolute atomic E-state index is 13.5. The largest absolute Gasteiger partial charge is 0.872 e. The minimum absolute atomic E-state index is 0.00607. The van der Waals surface area contributed by atoms with E-state index in [4.69, 9.17) is 9.47 Å². The van der Waals surface area contributed by atoms with Crippen LogP contribution in [0.25, 0.3) is 5.76 Å². The summed E-state index contributed by atoms with van der Waals surface area (Å²) in [5, 5.41) is 13.5. The van der Waals surface area contributed by atoms with E-state index in [1.165, 1.54) is 9.80 Å². The van der Waals surface area contributed by atoms with E-state index in [2.05, 4.69) is 0 Å². The van der Waals surface area contributed by atoms with E-state index < -0.39 is 23.5 Å². The molecule has 1 unspecified atom stereocenters. The molecule has 0 saturated carbocycles. The van der Waals surface area contributed by atoms with Crippen molar-refractivity contribution in [2.45, 2.75) is 39.3 Å². The van der Waals surface area contributed by atoms with Gasteiger partial charge in [-0.05, 0) is 56.2 Å². The van der Waals surface area contributed by atoms with Crippen LogP contribution >= 0.6 is 0 Å². The van der Waals surface area contributed by atoms with Crippen LogP contribution in [0, 0.1) is 0 Å². The molecule has 1 fully saturated rings. The molecule has 1 amide bonds. The summed E-state index contributed by atoms with van der Waals surface area (Å²) in [6, 6.07) is 13.2. The maximum atomic E-state index is 13.5. The highest BCUT2D eigenvalue weighted by Crippen LogP contribution is 2.39. The Morgan fingerprint density at radius 2 is 1.65 bits per heavy atom. The molecule has 0 aliphatic carbocycles. The van der Waals surface area contributed by atoms with Crippen molar-refractivity contribution in [3.8, 4) is 11.5 Å². The van der Waals surface area contributed by atoms with E-state index in [1.54, 1.807) is 36.4 Å². The standard InChI is InChI=1S/C27H34N2O5/c1-6-33-21-12-8-19(9-13-21)24-23(26(31)27(32)29(24)17-7-16-28(4)5)25(30)20-10-14-22(15-11-20)34-18(2)3/h8-15,18,24,30H,6-7,16-17H2,1-5H3/b25-23+. The molecule has 7 heteroatoms. The quantitative estimate of drug-likeness (QED) is 0.327. The Balaban J connectivity index is 2.02. The molecule has 34 heavy (non-hydrogen) atoms. The zero-order valence-corrected chi connectivity index (χ0v) is 20.6. The van der Waals surface area contributed by atoms with Crippen LogP contribution in [0.5, 0.6) is 11.5 Å². The van der Waals surface area contributed by atoms with Gasteiger partial charge >= 0.3 is 0 Å². The Kier molecular flexibility index (Phi) is 8.34. The van der Waals surface area contributed by atoms with E-state index in [0.29, 0.717) is 35.8 Å². The van der Waals surface area contributed by atoms with Crippen molar-refractivity contribution in [2.75, 3.05) is 33.8 Å². The van der Waals surface area contributed by atoms with E-state index in [-0.39, 0.29) is 11.7 Å². The zero-order chi connectivity index (χ0) is 24.8. The average molecular weight is 467 g/mol. The fourth-order valence-electron chi connectivity index (χ4n) is 4.08. The van der Waals surface area contributed by atoms with E-state index >= 15 is 0 Å². The minimum Gasteiger partial charge on any atom is -0.872 e. The van der Waals surface area contributed by atoms with Crippen LogP contribution in [0.3, 0.4) is 0 Å². The van der Waals surface area contributed by atoms with Gasteiger partial charge < -0.3 is 24.4 Å². The molecule has 7 nitrogen and oxygen atoms in total. The van der Waals surface area contributed by atoms with Gasteiger partial charge in [0.1, 0.15) is 11.5 Å². The number of Topliss-reactive ketones (excluding diaryl/α,β-unsaturated/α-hetero) is 1. The Morgan fingerprint density at radius 1 is 1.03 bits per heavy atom. The summed E-state index contributed by atoms with van der Waals surface area (Å²) in [6.07, 6.45) is 0.726. The van der Waals surface area contributed by atoms with Gasteiger partial charge in [0.05, 0.1) is 39.4 Å². The number of carbonyl (C=O) groups is 2. The summed E-state index contributed by atoms with van der Waals surface area (Å²) in [7, 11) is 4.07. The van der Waals surface area contributed by atoms with Crippen molar-refractivity contribution >= 4 is 17.4 Å². The van der Waals surface area contributed by atoms with Crippen LogP contribution in [0.1, 0.15) is 44.4 Å². The highest BCUT2D eigenvalue weighted by atomic mass is 16.5. The molecule has 1 saturated heterocycles. The molecular formula is C27H34N2O5. The number of ether oxygens (including phenoxy) is 2. The molecule has 0 aromatic heterocycles. The number of rotatable bonds is 10. The normalized spacial score (nSPS) is 17.6. The van der Waals surface area contributed by atoms with Gasteiger partial charge in [0.2, 0.25) is 5.78 Å². The summed E-state index contributed by atoms with van der Waals surface area (Å²) >= 11 is 0. The topological polar surface area (TPSA) is 83.3 Å². The lowest BCUT2D eigenvalue weighted by molar-refractivity contribution is -0.858. The predicted molar refractivity (Wildman–Crippen MR) is 128 cm³/mol. The monoisotopic (exact) mass is 466 g/mol. The molecule has 3 rings (SSSR count). The third-order valence-corrected chi connectivity index (χ3v) is 5.60. The SMILES string of the molecule is CCOc1ccc(C2/C(=C(\[O-])c3ccc(OC(C)C)cc3)C(=O)C(=O)N2CCC[NH+](C)C)cc1. The Hall–Kier alpha value is -3.32. The van der Waals surface area contributed by atoms with Gasteiger partial charge in [-0.2, -0.15) is 0 Å². The van der Waals surface area contributed by atoms with Crippen LogP contribution in [0.2, 0.25) is 0 Å². The number of ketones is 1. The summed E-state index contributed by atoms with van der Waals surface area (Å²) in [5.41, 5.74) is 1.05. The van der Waals surface area contributed by atoms with Gasteiger partial charge in [0.25, 0.3) is 5.91 Å². The number of benzene rings is 2. The average Bonchev–Trinajstić information content (AvgIpc) is 3.04. The highest BCUT2D eigenvalue weighted by Gasteiger charge is 2.43. The summed E-state index contributed by atoms with van der Waals surface area (Å²) in [4.78, 5) is 28.9. The number of likely N-dealkylation sites (tertiary alicyclic amines) is 1. The van der Waals surface area contributed by atoms with Gasteiger partial charge in [-0.3, -0.25) is 9.59 Å². The number of carbonyl (C=O) groups excluding carboxylic acids is 2. The number of amides is 1. The van der Waals surface area contributed by atoms with Crippen LogP contribution in [-0.2, 0) is 9.59 Å². The molecule has 2 aromatic carbocycles. The maximum Gasteiger partial charge on any atom is 0.295 e. The first-order chi connectivity index (χ1) is 16.2. The third-order valence-electron chi connectivity index (χ3n) is 5.60. The molecule has 182 valence electrons. The summed E-state index contributed by atoms with van der Waals surface area (Å²) in [6.45, 7) is 7.51. The Bertz CT molecular complexity index is 1030. The second-order valence-electron chi connectivity index (χ2n) is 8.98. The van der Waals surface area contributed by atoms with E-state index in [1.807, 2.05) is 47.0 Å².